The summed E-state index contributed by atoms with van der Waals surface area (Å²) in [6, 6.07) is 11.3. The number of nitriles is 1. The molecule has 2 heterocycles. The number of hydrogen-bond donors (Lipinski definition) is 1. The van der Waals surface area contributed by atoms with E-state index in [-0.39, 0.29) is 0 Å². The van der Waals surface area contributed by atoms with Crippen LogP contribution in [0.2, 0.25) is 0 Å². The molecule has 0 unspecified atom stereocenters. The SMILES string of the molecule is N#Cc1cccc(-c2cnc3[nH]ccc3n2)c1. The van der Waals surface area contributed by atoms with E-state index < -0.39 is 0 Å². The van der Waals surface area contributed by atoms with Crippen molar-refractivity contribution < 1.29 is 0 Å². The summed E-state index contributed by atoms with van der Waals surface area (Å²) in [6.45, 7) is 0. The number of rotatable bonds is 1. The summed E-state index contributed by atoms with van der Waals surface area (Å²) < 4.78 is 0. The Morgan fingerprint density at radius 2 is 2.18 bits per heavy atom. The minimum atomic E-state index is 0.624. The molecule has 0 aliphatic rings. The Balaban J connectivity index is 2.16. The van der Waals surface area contributed by atoms with E-state index in [0.717, 1.165) is 22.4 Å². The zero-order chi connectivity index (χ0) is 11.7. The predicted octanol–water partition coefficient (Wildman–Crippen LogP) is 2.50. The van der Waals surface area contributed by atoms with Crippen molar-refractivity contribution in [2.45, 2.75) is 0 Å². The van der Waals surface area contributed by atoms with Crippen molar-refractivity contribution in [1.29, 1.82) is 5.26 Å². The van der Waals surface area contributed by atoms with E-state index in [1.54, 1.807) is 18.5 Å². The molecule has 0 atom stereocenters. The topological polar surface area (TPSA) is 65.4 Å². The number of aromatic amines is 1. The molecule has 1 aromatic carbocycles. The van der Waals surface area contributed by atoms with Gasteiger partial charge < -0.3 is 4.98 Å². The lowest BCUT2D eigenvalue weighted by atomic mass is 10.1. The highest BCUT2D eigenvalue weighted by Gasteiger charge is 2.03. The van der Waals surface area contributed by atoms with Gasteiger partial charge in [-0.05, 0) is 18.2 Å². The average Bonchev–Trinajstić information content (AvgIpc) is 2.86. The predicted molar refractivity (Wildman–Crippen MR) is 64.0 cm³/mol. The van der Waals surface area contributed by atoms with Crippen LogP contribution in [0.25, 0.3) is 22.4 Å². The Morgan fingerprint density at radius 3 is 3.06 bits per heavy atom. The Kier molecular flexibility index (Phi) is 2.09. The number of hydrogen-bond acceptors (Lipinski definition) is 3. The van der Waals surface area contributed by atoms with Gasteiger partial charge in [0.2, 0.25) is 0 Å². The molecule has 17 heavy (non-hydrogen) atoms. The van der Waals surface area contributed by atoms with Crippen LogP contribution in [0.15, 0.2) is 42.7 Å². The van der Waals surface area contributed by atoms with Crippen LogP contribution in [0.4, 0.5) is 0 Å². The monoisotopic (exact) mass is 220 g/mol. The van der Waals surface area contributed by atoms with Gasteiger partial charge in [-0.1, -0.05) is 12.1 Å². The summed E-state index contributed by atoms with van der Waals surface area (Å²) in [5.41, 5.74) is 3.89. The number of H-pyrrole nitrogens is 1. The molecule has 0 saturated heterocycles. The van der Waals surface area contributed by atoms with E-state index in [1.807, 2.05) is 24.3 Å². The second-order valence-corrected chi connectivity index (χ2v) is 3.66. The lowest BCUT2D eigenvalue weighted by Gasteiger charge is -2.00. The summed E-state index contributed by atoms with van der Waals surface area (Å²) in [6.07, 6.45) is 3.51. The highest BCUT2D eigenvalue weighted by atomic mass is 14.9. The molecule has 2 aromatic heterocycles. The first-order chi connectivity index (χ1) is 8.36. The maximum atomic E-state index is 8.86. The Labute approximate surface area is 97.6 Å². The fourth-order valence-electron chi connectivity index (χ4n) is 1.72. The van der Waals surface area contributed by atoms with Gasteiger partial charge in [0.15, 0.2) is 5.65 Å². The Hall–Kier alpha value is -2.67. The summed E-state index contributed by atoms with van der Waals surface area (Å²) in [7, 11) is 0. The minimum absolute atomic E-state index is 0.624. The Morgan fingerprint density at radius 1 is 1.24 bits per heavy atom. The summed E-state index contributed by atoms with van der Waals surface area (Å²) >= 11 is 0. The quantitative estimate of drug-likeness (QED) is 0.685. The molecule has 0 radical (unpaired) electrons. The van der Waals surface area contributed by atoms with Gasteiger partial charge in [-0.25, -0.2) is 9.97 Å². The van der Waals surface area contributed by atoms with Crippen LogP contribution in [0.3, 0.4) is 0 Å². The number of fused-ring (bicyclic) bond motifs is 1. The first-order valence-electron chi connectivity index (χ1n) is 5.17. The number of aromatic nitrogens is 3. The van der Waals surface area contributed by atoms with Crippen LogP contribution in [-0.4, -0.2) is 15.0 Å². The van der Waals surface area contributed by atoms with Crippen molar-refractivity contribution in [2.24, 2.45) is 0 Å². The van der Waals surface area contributed by atoms with Gasteiger partial charge >= 0.3 is 0 Å². The summed E-state index contributed by atoms with van der Waals surface area (Å²) in [4.78, 5) is 11.7. The third-order valence-corrected chi connectivity index (χ3v) is 2.55. The molecule has 0 aliphatic heterocycles. The van der Waals surface area contributed by atoms with Crippen LogP contribution in [-0.2, 0) is 0 Å². The highest BCUT2D eigenvalue weighted by molar-refractivity contribution is 5.74. The number of benzene rings is 1. The lowest BCUT2D eigenvalue weighted by molar-refractivity contribution is 1.26. The van der Waals surface area contributed by atoms with Gasteiger partial charge in [0, 0.05) is 11.8 Å². The molecule has 0 saturated carbocycles. The van der Waals surface area contributed by atoms with Crippen LogP contribution < -0.4 is 0 Å². The molecule has 0 spiro atoms. The second-order valence-electron chi connectivity index (χ2n) is 3.66. The molecule has 0 fully saturated rings. The van der Waals surface area contributed by atoms with Crippen molar-refractivity contribution in [3.05, 3.63) is 48.3 Å². The molecule has 4 nitrogen and oxygen atoms in total. The van der Waals surface area contributed by atoms with Crippen LogP contribution >= 0.6 is 0 Å². The van der Waals surface area contributed by atoms with E-state index in [4.69, 9.17) is 5.26 Å². The van der Waals surface area contributed by atoms with E-state index in [9.17, 15) is 0 Å². The fourth-order valence-corrected chi connectivity index (χ4v) is 1.72. The molecule has 1 N–H and O–H groups in total. The summed E-state index contributed by atoms with van der Waals surface area (Å²) in [5, 5.41) is 8.86. The van der Waals surface area contributed by atoms with Crippen molar-refractivity contribution in [3.8, 4) is 17.3 Å². The third-order valence-electron chi connectivity index (χ3n) is 2.55. The molecular formula is C13H8N4. The van der Waals surface area contributed by atoms with Gasteiger partial charge in [0.1, 0.15) is 5.52 Å². The van der Waals surface area contributed by atoms with E-state index in [1.165, 1.54) is 0 Å². The number of nitrogens with zero attached hydrogens (tertiary/aromatic N) is 3. The maximum Gasteiger partial charge on any atom is 0.156 e. The van der Waals surface area contributed by atoms with E-state index in [2.05, 4.69) is 21.0 Å². The van der Waals surface area contributed by atoms with Crippen molar-refractivity contribution in [3.63, 3.8) is 0 Å². The Bertz CT molecular complexity index is 721. The molecule has 0 amide bonds. The minimum Gasteiger partial charge on any atom is -0.345 e. The third kappa shape index (κ3) is 1.64. The largest absolute Gasteiger partial charge is 0.345 e. The zero-order valence-electron chi connectivity index (χ0n) is 8.88. The van der Waals surface area contributed by atoms with Gasteiger partial charge in [0.05, 0.1) is 23.5 Å². The van der Waals surface area contributed by atoms with Gasteiger partial charge in [-0.3, -0.25) is 0 Å². The molecule has 3 aromatic rings. The van der Waals surface area contributed by atoms with Crippen LogP contribution in [0, 0.1) is 11.3 Å². The molecule has 80 valence electrons. The summed E-state index contributed by atoms with van der Waals surface area (Å²) in [5.74, 6) is 0. The molecule has 0 bridgehead atoms. The van der Waals surface area contributed by atoms with Crippen LogP contribution in [0.1, 0.15) is 5.56 Å². The van der Waals surface area contributed by atoms with Gasteiger partial charge in [0.25, 0.3) is 0 Å². The maximum absolute atomic E-state index is 8.86. The molecule has 0 aliphatic carbocycles. The smallest absolute Gasteiger partial charge is 0.156 e. The lowest BCUT2D eigenvalue weighted by Crippen LogP contribution is -1.87. The molecule has 3 rings (SSSR count). The van der Waals surface area contributed by atoms with Gasteiger partial charge in [-0.15, -0.1) is 0 Å². The van der Waals surface area contributed by atoms with Crippen LogP contribution in [0.5, 0.6) is 0 Å². The highest BCUT2D eigenvalue weighted by Crippen LogP contribution is 2.19. The normalized spacial score (nSPS) is 10.3. The van der Waals surface area contributed by atoms with Crippen molar-refractivity contribution in [2.75, 3.05) is 0 Å². The standard InChI is InChI=1S/C13H8N4/c14-7-9-2-1-3-10(6-9)12-8-16-13-11(17-12)4-5-15-13/h1-6,8H,(H,15,16). The van der Waals surface area contributed by atoms with Gasteiger partial charge in [-0.2, -0.15) is 5.26 Å². The first-order valence-corrected chi connectivity index (χ1v) is 5.17. The first kappa shape index (κ1) is 9.55. The second kappa shape index (κ2) is 3.72. The van der Waals surface area contributed by atoms with E-state index >= 15 is 0 Å². The average molecular weight is 220 g/mol. The van der Waals surface area contributed by atoms with Crippen molar-refractivity contribution in [1.82, 2.24) is 15.0 Å². The van der Waals surface area contributed by atoms with Crippen molar-refractivity contribution >= 4 is 11.2 Å². The molecule has 4 heteroatoms. The zero-order valence-corrected chi connectivity index (χ0v) is 8.88. The number of nitrogens with one attached hydrogen (secondary N) is 1. The molecular weight excluding hydrogens is 212 g/mol. The van der Waals surface area contributed by atoms with E-state index in [0.29, 0.717) is 5.56 Å². The fraction of sp³-hybridized carbons (Fsp3) is 0.